The van der Waals surface area contributed by atoms with E-state index in [9.17, 15) is 4.39 Å². The highest BCUT2D eigenvalue weighted by atomic mass is 35.5. The van der Waals surface area contributed by atoms with Crippen LogP contribution in [0.2, 0.25) is 5.02 Å². The molecule has 0 aliphatic carbocycles. The Kier molecular flexibility index (Phi) is 5.67. The second kappa shape index (κ2) is 6.55. The lowest BCUT2D eigenvalue weighted by Crippen LogP contribution is -2.44. The molecule has 1 N–H and O–H groups in total. The fourth-order valence-electron chi connectivity index (χ4n) is 2.05. The van der Waals surface area contributed by atoms with Gasteiger partial charge >= 0.3 is 0 Å². The van der Waals surface area contributed by atoms with Crippen molar-refractivity contribution in [3.05, 3.63) is 34.6 Å². The molecule has 1 heterocycles. The Hall–Kier alpha value is -0.350. The third-order valence-electron chi connectivity index (χ3n) is 3.13. The Balaban J connectivity index is 0.00000144. The summed E-state index contributed by atoms with van der Waals surface area (Å²) >= 11 is 5.67. The van der Waals surface area contributed by atoms with E-state index < -0.39 is 0 Å². The number of benzene rings is 1. The molecule has 0 radical (unpaired) electrons. The average Bonchev–Trinajstić information content (AvgIpc) is 2.33. The van der Waals surface area contributed by atoms with Crippen molar-refractivity contribution in [3.8, 4) is 0 Å². The number of piperazine rings is 1. The van der Waals surface area contributed by atoms with Crippen molar-refractivity contribution in [2.75, 3.05) is 26.2 Å². The number of hydrogen-bond acceptors (Lipinski definition) is 2. The van der Waals surface area contributed by atoms with Gasteiger partial charge in [0.05, 0.1) is 5.02 Å². The minimum Gasteiger partial charge on any atom is -0.314 e. The average molecular weight is 279 g/mol. The van der Waals surface area contributed by atoms with Crippen LogP contribution in [0.4, 0.5) is 4.39 Å². The predicted octanol–water partition coefficient (Wildman–Crippen LogP) is 2.87. The molecule has 1 aromatic carbocycles. The molecule has 0 spiro atoms. The van der Waals surface area contributed by atoms with Crippen molar-refractivity contribution in [2.45, 2.75) is 13.0 Å². The summed E-state index contributed by atoms with van der Waals surface area (Å²) < 4.78 is 13.3. The quantitative estimate of drug-likeness (QED) is 0.895. The van der Waals surface area contributed by atoms with Gasteiger partial charge < -0.3 is 5.32 Å². The molecule has 0 amide bonds. The topological polar surface area (TPSA) is 15.3 Å². The zero-order valence-corrected chi connectivity index (χ0v) is 11.3. The fraction of sp³-hybridized carbons (Fsp3) is 0.500. The maximum Gasteiger partial charge on any atom is 0.142 e. The van der Waals surface area contributed by atoms with Gasteiger partial charge in [-0.3, -0.25) is 4.90 Å². The third-order valence-corrected chi connectivity index (χ3v) is 3.43. The van der Waals surface area contributed by atoms with E-state index in [0.29, 0.717) is 0 Å². The van der Waals surface area contributed by atoms with Gasteiger partial charge in [-0.25, -0.2) is 4.39 Å². The molecule has 0 bridgehead atoms. The molecule has 1 aliphatic heterocycles. The van der Waals surface area contributed by atoms with E-state index in [1.165, 1.54) is 6.07 Å². The first-order valence-corrected chi connectivity index (χ1v) is 5.96. The van der Waals surface area contributed by atoms with Crippen LogP contribution >= 0.6 is 24.0 Å². The summed E-state index contributed by atoms with van der Waals surface area (Å²) in [4.78, 5) is 2.35. The summed E-state index contributed by atoms with van der Waals surface area (Å²) in [6.07, 6.45) is 0. The molecule has 17 heavy (non-hydrogen) atoms. The lowest BCUT2D eigenvalue weighted by atomic mass is 10.1. The third kappa shape index (κ3) is 3.55. The van der Waals surface area contributed by atoms with Crippen LogP contribution in [0.5, 0.6) is 0 Å². The van der Waals surface area contributed by atoms with E-state index in [4.69, 9.17) is 11.6 Å². The van der Waals surface area contributed by atoms with E-state index in [1.54, 1.807) is 6.07 Å². The second-order valence-corrected chi connectivity index (χ2v) is 4.54. The van der Waals surface area contributed by atoms with Crippen LogP contribution in [0.25, 0.3) is 0 Å². The van der Waals surface area contributed by atoms with Crippen molar-refractivity contribution >= 4 is 24.0 Å². The van der Waals surface area contributed by atoms with Gasteiger partial charge in [-0.15, -0.1) is 12.4 Å². The van der Waals surface area contributed by atoms with E-state index in [0.717, 1.165) is 31.7 Å². The maximum absolute atomic E-state index is 13.3. The van der Waals surface area contributed by atoms with Gasteiger partial charge in [-0.2, -0.15) is 0 Å². The monoisotopic (exact) mass is 278 g/mol. The zero-order valence-electron chi connectivity index (χ0n) is 9.75. The molecule has 1 fully saturated rings. The van der Waals surface area contributed by atoms with Crippen molar-refractivity contribution in [3.63, 3.8) is 0 Å². The highest BCUT2D eigenvalue weighted by molar-refractivity contribution is 6.30. The van der Waals surface area contributed by atoms with E-state index in [1.807, 2.05) is 6.07 Å². The first-order valence-electron chi connectivity index (χ1n) is 5.58. The van der Waals surface area contributed by atoms with Crippen molar-refractivity contribution < 1.29 is 4.39 Å². The molecule has 5 heteroatoms. The number of nitrogens with zero attached hydrogens (tertiary/aromatic N) is 1. The number of hydrogen-bond donors (Lipinski definition) is 1. The summed E-state index contributed by atoms with van der Waals surface area (Å²) in [5.74, 6) is -0.332. The number of halogens is 3. The first-order chi connectivity index (χ1) is 7.68. The number of rotatable bonds is 2. The van der Waals surface area contributed by atoms with Crippen molar-refractivity contribution in [1.29, 1.82) is 0 Å². The summed E-state index contributed by atoms with van der Waals surface area (Å²) in [5, 5.41) is 3.50. The zero-order chi connectivity index (χ0) is 11.5. The van der Waals surface area contributed by atoms with Crippen molar-refractivity contribution in [2.24, 2.45) is 0 Å². The fourth-order valence-corrected chi connectivity index (χ4v) is 2.17. The van der Waals surface area contributed by atoms with Gasteiger partial charge in [-0.1, -0.05) is 17.7 Å². The minimum atomic E-state index is -0.332. The predicted molar refractivity (Wildman–Crippen MR) is 71.5 cm³/mol. The molecular weight excluding hydrogens is 262 g/mol. The standard InChI is InChI=1S/C12H16ClFN2.ClH/c1-9(16-6-4-15-5-7-16)10-2-3-11(13)12(14)8-10;/h2-3,8-9,15H,4-7H2,1H3;1H/t9-;/m0./s1. The minimum absolute atomic E-state index is 0. The summed E-state index contributed by atoms with van der Waals surface area (Å²) in [6, 6.07) is 5.31. The van der Waals surface area contributed by atoms with Gasteiger partial charge in [0.15, 0.2) is 0 Å². The summed E-state index contributed by atoms with van der Waals surface area (Å²) in [6.45, 7) is 6.12. The maximum atomic E-state index is 13.3. The normalized spacial score (nSPS) is 18.5. The van der Waals surface area contributed by atoms with E-state index >= 15 is 0 Å². The van der Waals surface area contributed by atoms with E-state index in [-0.39, 0.29) is 29.3 Å². The SMILES string of the molecule is C[C@@H](c1ccc(Cl)c(F)c1)N1CCNCC1.Cl. The summed E-state index contributed by atoms with van der Waals surface area (Å²) in [7, 11) is 0. The van der Waals surface area contributed by atoms with Crippen LogP contribution in [0.15, 0.2) is 18.2 Å². The van der Waals surface area contributed by atoms with Crippen LogP contribution in [0.3, 0.4) is 0 Å². The molecule has 0 unspecified atom stereocenters. The Morgan fingerprint density at radius 3 is 2.59 bits per heavy atom. The van der Waals surface area contributed by atoms with Crippen LogP contribution in [-0.4, -0.2) is 31.1 Å². The molecule has 2 nitrogen and oxygen atoms in total. The highest BCUT2D eigenvalue weighted by Gasteiger charge is 2.18. The number of nitrogens with one attached hydrogen (secondary N) is 1. The second-order valence-electron chi connectivity index (χ2n) is 4.14. The largest absolute Gasteiger partial charge is 0.314 e. The van der Waals surface area contributed by atoms with Crippen LogP contribution < -0.4 is 5.32 Å². The molecule has 2 rings (SSSR count). The first kappa shape index (κ1) is 14.7. The Morgan fingerprint density at radius 1 is 1.35 bits per heavy atom. The van der Waals surface area contributed by atoms with Gasteiger partial charge in [-0.05, 0) is 24.6 Å². The lowest BCUT2D eigenvalue weighted by Gasteiger charge is -2.33. The van der Waals surface area contributed by atoms with Gasteiger partial charge in [0.25, 0.3) is 0 Å². The van der Waals surface area contributed by atoms with Gasteiger partial charge in [0.2, 0.25) is 0 Å². The van der Waals surface area contributed by atoms with Crippen molar-refractivity contribution in [1.82, 2.24) is 10.2 Å². The molecule has 1 saturated heterocycles. The Labute approximate surface area is 113 Å². The summed E-state index contributed by atoms with van der Waals surface area (Å²) in [5.41, 5.74) is 0.990. The molecule has 96 valence electrons. The van der Waals surface area contributed by atoms with Gasteiger partial charge in [0, 0.05) is 32.2 Å². The molecule has 1 aliphatic rings. The lowest BCUT2D eigenvalue weighted by molar-refractivity contribution is 0.185. The molecule has 1 atom stereocenters. The molecule has 0 saturated carbocycles. The smallest absolute Gasteiger partial charge is 0.142 e. The molecule has 0 aromatic heterocycles. The molecular formula is C12H17Cl2FN2. The van der Waals surface area contributed by atoms with E-state index in [2.05, 4.69) is 17.1 Å². The highest BCUT2D eigenvalue weighted by Crippen LogP contribution is 2.24. The van der Waals surface area contributed by atoms with Crippen LogP contribution in [0.1, 0.15) is 18.5 Å². The Morgan fingerprint density at radius 2 is 2.00 bits per heavy atom. The van der Waals surface area contributed by atoms with Gasteiger partial charge in [0.1, 0.15) is 5.82 Å². The molecule has 1 aromatic rings. The van der Waals surface area contributed by atoms with Crippen LogP contribution in [0, 0.1) is 5.82 Å². The Bertz CT molecular complexity index is 368. The van der Waals surface area contributed by atoms with Crippen LogP contribution in [-0.2, 0) is 0 Å².